The maximum atomic E-state index is 4.56. The Balaban J connectivity index is 0.00000106. The predicted molar refractivity (Wildman–Crippen MR) is 93.8 cm³/mol. The molecule has 0 saturated heterocycles. The lowest BCUT2D eigenvalue weighted by Gasteiger charge is -2.19. The Bertz CT molecular complexity index is 528. The fourth-order valence-electron chi connectivity index (χ4n) is 2.06. The van der Waals surface area contributed by atoms with Crippen molar-refractivity contribution >= 4 is 0 Å². The summed E-state index contributed by atoms with van der Waals surface area (Å²) in [6, 6.07) is 13.0. The fraction of sp³-hybridized carbons (Fsp3) is 0.450. The second kappa shape index (κ2) is 7.40. The summed E-state index contributed by atoms with van der Waals surface area (Å²) in [6.07, 6.45) is 1.98. The van der Waals surface area contributed by atoms with Crippen LogP contribution in [0.1, 0.15) is 65.5 Å². The topological polar surface area (TPSA) is 12.9 Å². The minimum atomic E-state index is 0.202. The maximum Gasteiger partial charge on any atom is 0.0702 e. The molecule has 0 fully saturated rings. The van der Waals surface area contributed by atoms with Gasteiger partial charge in [-0.15, -0.1) is 0 Å². The number of nitrogens with zero attached hydrogens (tertiary/aromatic N) is 1. The molecule has 0 amide bonds. The number of rotatable bonds is 2. The van der Waals surface area contributed by atoms with Crippen LogP contribution in [-0.2, 0) is 5.41 Å². The van der Waals surface area contributed by atoms with Gasteiger partial charge in [0.25, 0.3) is 0 Å². The van der Waals surface area contributed by atoms with Gasteiger partial charge in [-0.2, -0.15) is 0 Å². The molecule has 1 nitrogen and oxygen atoms in total. The van der Waals surface area contributed by atoms with Crippen LogP contribution in [0.15, 0.2) is 42.6 Å². The van der Waals surface area contributed by atoms with E-state index in [9.17, 15) is 0 Å². The van der Waals surface area contributed by atoms with Crippen LogP contribution < -0.4 is 0 Å². The number of benzene rings is 1. The number of hydrogen-bond acceptors (Lipinski definition) is 1. The van der Waals surface area contributed by atoms with Crippen LogP contribution in [0.2, 0.25) is 0 Å². The van der Waals surface area contributed by atoms with Crippen molar-refractivity contribution < 1.29 is 0 Å². The first-order valence-electron chi connectivity index (χ1n) is 7.95. The highest BCUT2D eigenvalue weighted by Gasteiger charge is 2.13. The average molecular weight is 283 g/mol. The van der Waals surface area contributed by atoms with Crippen LogP contribution in [0.3, 0.4) is 0 Å². The van der Waals surface area contributed by atoms with E-state index in [1.54, 1.807) is 0 Å². The number of pyridine rings is 1. The normalized spacial score (nSPS) is 11.0. The monoisotopic (exact) mass is 283 g/mol. The Morgan fingerprint density at radius 2 is 1.43 bits per heavy atom. The molecule has 0 aliphatic carbocycles. The van der Waals surface area contributed by atoms with E-state index in [0.717, 1.165) is 5.69 Å². The highest BCUT2D eigenvalue weighted by molar-refractivity contribution is 5.59. The molecule has 1 heteroatoms. The minimum Gasteiger partial charge on any atom is -0.256 e. The predicted octanol–water partition coefficient (Wildman–Crippen LogP) is 6.20. The molecule has 0 radical (unpaired) electrons. The highest BCUT2D eigenvalue weighted by Crippen LogP contribution is 2.25. The molecule has 114 valence electrons. The summed E-state index contributed by atoms with van der Waals surface area (Å²) in [5.74, 6) is 0.532. The third kappa shape index (κ3) is 4.70. The molecule has 1 aromatic carbocycles. The van der Waals surface area contributed by atoms with Crippen LogP contribution in [0, 0.1) is 0 Å². The Labute approximate surface area is 130 Å². The van der Waals surface area contributed by atoms with Crippen molar-refractivity contribution in [1.82, 2.24) is 4.98 Å². The third-order valence-corrected chi connectivity index (χ3v) is 3.50. The summed E-state index contributed by atoms with van der Waals surface area (Å²) in [4.78, 5) is 4.56. The van der Waals surface area contributed by atoms with E-state index < -0.39 is 0 Å². The van der Waals surface area contributed by atoms with E-state index >= 15 is 0 Å². The molecule has 0 saturated carbocycles. The largest absolute Gasteiger partial charge is 0.256 e. The molecule has 2 rings (SSSR count). The SMILES string of the molecule is CC.CC(C)c1ccc(-c2ccc(C(C)(C)C)cc2)nc1. The summed E-state index contributed by atoms with van der Waals surface area (Å²) >= 11 is 0. The van der Waals surface area contributed by atoms with Crippen LogP contribution in [0.4, 0.5) is 0 Å². The second-order valence-electron chi connectivity index (χ2n) is 6.46. The standard InChI is InChI=1S/C18H23N.C2H6/c1-13(2)15-8-11-17(19-12-15)14-6-9-16(10-7-14)18(3,4)5;1-2/h6-13H,1-5H3;1-2H3. The molecule has 0 atom stereocenters. The van der Waals surface area contributed by atoms with Crippen LogP contribution in [0.5, 0.6) is 0 Å². The van der Waals surface area contributed by atoms with Crippen LogP contribution in [0.25, 0.3) is 11.3 Å². The first-order chi connectivity index (χ1) is 9.88. The van der Waals surface area contributed by atoms with Crippen molar-refractivity contribution in [3.8, 4) is 11.3 Å². The lowest BCUT2D eigenvalue weighted by molar-refractivity contribution is 0.590. The molecule has 1 heterocycles. The van der Waals surface area contributed by atoms with Gasteiger partial charge in [-0.25, -0.2) is 0 Å². The van der Waals surface area contributed by atoms with Gasteiger partial charge in [-0.05, 0) is 28.5 Å². The Morgan fingerprint density at radius 3 is 1.81 bits per heavy atom. The van der Waals surface area contributed by atoms with Crippen molar-refractivity contribution in [3.05, 3.63) is 53.7 Å². The van der Waals surface area contributed by atoms with Crippen molar-refractivity contribution in [2.75, 3.05) is 0 Å². The van der Waals surface area contributed by atoms with Crippen LogP contribution >= 0.6 is 0 Å². The molecule has 0 unspecified atom stereocenters. The summed E-state index contributed by atoms with van der Waals surface area (Å²) in [5.41, 5.74) is 5.08. The lowest BCUT2D eigenvalue weighted by atomic mass is 9.86. The van der Waals surface area contributed by atoms with Gasteiger partial charge < -0.3 is 0 Å². The Hall–Kier alpha value is -1.63. The summed E-state index contributed by atoms with van der Waals surface area (Å²) < 4.78 is 0. The van der Waals surface area contributed by atoms with E-state index in [4.69, 9.17) is 0 Å². The van der Waals surface area contributed by atoms with Crippen molar-refractivity contribution in [2.24, 2.45) is 0 Å². The zero-order valence-corrected chi connectivity index (χ0v) is 14.6. The molecule has 1 aromatic heterocycles. The quantitative estimate of drug-likeness (QED) is 0.639. The first kappa shape index (κ1) is 17.4. The molecule has 0 aliphatic heterocycles. The number of hydrogen-bond donors (Lipinski definition) is 0. The molecule has 0 aliphatic rings. The number of aromatic nitrogens is 1. The lowest BCUT2D eigenvalue weighted by Crippen LogP contribution is -2.10. The molecule has 0 spiro atoms. The molecular weight excluding hydrogens is 254 g/mol. The fourth-order valence-corrected chi connectivity index (χ4v) is 2.06. The van der Waals surface area contributed by atoms with Crippen molar-refractivity contribution in [1.29, 1.82) is 0 Å². The van der Waals surface area contributed by atoms with Gasteiger partial charge in [0.15, 0.2) is 0 Å². The van der Waals surface area contributed by atoms with Gasteiger partial charge in [0.2, 0.25) is 0 Å². The first-order valence-corrected chi connectivity index (χ1v) is 7.95. The molecule has 0 bridgehead atoms. The van der Waals surface area contributed by atoms with Gasteiger partial charge >= 0.3 is 0 Å². The average Bonchev–Trinajstić information content (AvgIpc) is 2.49. The van der Waals surface area contributed by atoms with E-state index in [2.05, 4.69) is 76.0 Å². The maximum absolute atomic E-state index is 4.56. The van der Waals surface area contributed by atoms with Crippen molar-refractivity contribution in [3.63, 3.8) is 0 Å². The third-order valence-electron chi connectivity index (χ3n) is 3.50. The van der Waals surface area contributed by atoms with E-state index in [1.165, 1.54) is 16.7 Å². The highest BCUT2D eigenvalue weighted by atomic mass is 14.7. The van der Waals surface area contributed by atoms with Gasteiger partial charge in [0.05, 0.1) is 5.69 Å². The van der Waals surface area contributed by atoms with Gasteiger partial charge in [-0.1, -0.05) is 78.8 Å². The Morgan fingerprint density at radius 1 is 0.857 bits per heavy atom. The smallest absolute Gasteiger partial charge is 0.0702 e. The van der Waals surface area contributed by atoms with E-state index in [-0.39, 0.29) is 5.41 Å². The summed E-state index contributed by atoms with van der Waals surface area (Å²) in [7, 11) is 0. The van der Waals surface area contributed by atoms with Crippen molar-refractivity contribution in [2.45, 2.75) is 59.8 Å². The van der Waals surface area contributed by atoms with Gasteiger partial charge in [-0.3, -0.25) is 4.98 Å². The summed E-state index contributed by atoms with van der Waals surface area (Å²) in [6.45, 7) is 15.1. The second-order valence-corrected chi connectivity index (χ2v) is 6.46. The minimum absolute atomic E-state index is 0.202. The van der Waals surface area contributed by atoms with E-state index in [1.807, 2.05) is 20.0 Å². The zero-order valence-electron chi connectivity index (χ0n) is 14.6. The van der Waals surface area contributed by atoms with E-state index in [0.29, 0.717) is 5.92 Å². The molecule has 0 N–H and O–H groups in total. The van der Waals surface area contributed by atoms with Gasteiger partial charge in [0, 0.05) is 11.8 Å². The van der Waals surface area contributed by atoms with Gasteiger partial charge in [0.1, 0.15) is 0 Å². The zero-order chi connectivity index (χ0) is 16.0. The Kier molecular flexibility index (Phi) is 6.14. The summed E-state index contributed by atoms with van der Waals surface area (Å²) in [5, 5.41) is 0. The van der Waals surface area contributed by atoms with Crippen LogP contribution in [-0.4, -0.2) is 4.98 Å². The molecule has 21 heavy (non-hydrogen) atoms. The molecule has 2 aromatic rings. The molecular formula is C20H29N.